The molecular weight excluding hydrogens is 312 g/mol. The van der Waals surface area contributed by atoms with Gasteiger partial charge in [0, 0.05) is 5.69 Å². The van der Waals surface area contributed by atoms with Gasteiger partial charge in [0.1, 0.15) is 5.52 Å². The second-order valence-electron chi connectivity index (χ2n) is 5.96. The Bertz CT molecular complexity index is 1010. The number of aliphatic hydroxyl groups excluding tert-OH is 1. The maximum atomic E-state index is 10.0. The molecule has 0 aliphatic heterocycles. The van der Waals surface area contributed by atoms with Gasteiger partial charge in [-0.05, 0) is 47.9 Å². The first kappa shape index (κ1) is 15.4. The van der Waals surface area contributed by atoms with Gasteiger partial charge in [0.25, 0.3) is 6.01 Å². The largest absolute Gasteiger partial charge is 0.423 e. The van der Waals surface area contributed by atoms with Crippen molar-refractivity contribution in [2.24, 2.45) is 0 Å². The maximum absolute atomic E-state index is 10.0. The molecular formula is C21H18N2O2. The van der Waals surface area contributed by atoms with Gasteiger partial charge in [-0.3, -0.25) is 0 Å². The van der Waals surface area contributed by atoms with Gasteiger partial charge in [0.05, 0.1) is 6.10 Å². The van der Waals surface area contributed by atoms with E-state index in [0.717, 1.165) is 33.5 Å². The van der Waals surface area contributed by atoms with Gasteiger partial charge in [0.2, 0.25) is 0 Å². The van der Waals surface area contributed by atoms with Crippen molar-refractivity contribution >= 4 is 22.8 Å². The zero-order valence-corrected chi connectivity index (χ0v) is 13.8. The number of para-hydroxylation sites is 1. The lowest BCUT2D eigenvalue weighted by atomic mass is 9.96. The van der Waals surface area contributed by atoms with Gasteiger partial charge >= 0.3 is 0 Å². The van der Waals surface area contributed by atoms with E-state index in [1.54, 1.807) is 6.92 Å². The molecule has 3 aromatic carbocycles. The molecule has 124 valence electrons. The molecule has 0 aliphatic carbocycles. The van der Waals surface area contributed by atoms with Crippen molar-refractivity contribution in [3.8, 4) is 11.1 Å². The Morgan fingerprint density at radius 3 is 2.52 bits per heavy atom. The van der Waals surface area contributed by atoms with Crippen LogP contribution >= 0.6 is 0 Å². The van der Waals surface area contributed by atoms with E-state index in [1.165, 1.54) is 0 Å². The molecule has 0 amide bonds. The number of oxazole rings is 1. The first-order valence-electron chi connectivity index (χ1n) is 8.21. The predicted molar refractivity (Wildman–Crippen MR) is 99.8 cm³/mol. The molecule has 4 nitrogen and oxygen atoms in total. The molecule has 1 atom stereocenters. The molecule has 0 saturated carbocycles. The van der Waals surface area contributed by atoms with Crippen molar-refractivity contribution in [2.45, 2.75) is 13.0 Å². The number of anilines is 2. The molecule has 25 heavy (non-hydrogen) atoms. The number of hydrogen-bond acceptors (Lipinski definition) is 4. The molecule has 4 heteroatoms. The summed E-state index contributed by atoms with van der Waals surface area (Å²) in [6, 6.07) is 24.0. The van der Waals surface area contributed by atoms with Crippen LogP contribution in [0.5, 0.6) is 0 Å². The number of rotatable bonds is 4. The zero-order chi connectivity index (χ0) is 17.2. The van der Waals surface area contributed by atoms with E-state index >= 15 is 0 Å². The SMILES string of the molecule is CC(O)c1ccccc1-c1ccc2oc(Nc3ccccc3)nc2c1. The molecule has 0 bridgehead atoms. The monoisotopic (exact) mass is 330 g/mol. The van der Waals surface area contributed by atoms with E-state index in [0.29, 0.717) is 6.01 Å². The second-order valence-corrected chi connectivity index (χ2v) is 5.96. The number of nitrogens with one attached hydrogen (secondary N) is 1. The summed E-state index contributed by atoms with van der Waals surface area (Å²) in [4.78, 5) is 4.53. The third-order valence-corrected chi connectivity index (χ3v) is 4.13. The molecule has 0 radical (unpaired) electrons. The quantitative estimate of drug-likeness (QED) is 0.533. The van der Waals surface area contributed by atoms with Gasteiger partial charge < -0.3 is 14.8 Å². The molecule has 1 aromatic heterocycles. The summed E-state index contributed by atoms with van der Waals surface area (Å²) < 4.78 is 5.77. The smallest absolute Gasteiger partial charge is 0.300 e. The van der Waals surface area contributed by atoms with E-state index in [-0.39, 0.29) is 0 Å². The third-order valence-electron chi connectivity index (χ3n) is 4.13. The highest BCUT2D eigenvalue weighted by atomic mass is 16.4. The van der Waals surface area contributed by atoms with Crippen molar-refractivity contribution < 1.29 is 9.52 Å². The van der Waals surface area contributed by atoms with Gasteiger partial charge in [-0.2, -0.15) is 4.98 Å². The molecule has 0 spiro atoms. The van der Waals surface area contributed by atoms with Crippen molar-refractivity contribution in [3.63, 3.8) is 0 Å². The minimum absolute atomic E-state index is 0.460. The minimum Gasteiger partial charge on any atom is -0.423 e. The van der Waals surface area contributed by atoms with Gasteiger partial charge in [0.15, 0.2) is 5.58 Å². The van der Waals surface area contributed by atoms with Crippen LogP contribution in [0.3, 0.4) is 0 Å². The lowest BCUT2D eigenvalue weighted by Gasteiger charge is -2.11. The van der Waals surface area contributed by atoms with Crippen molar-refractivity contribution in [2.75, 3.05) is 5.32 Å². The molecule has 0 fully saturated rings. The highest BCUT2D eigenvalue weighted by molar-refractivity contribution is 5.82. The van der Waals surface area contributed by atoms with Crippen LogP contribution in [-0.2, 0) is 0 Å². The average molecular weight is 330 g/mol. The molecule has 1 heterocycles. The van der Waals surface area contributed by atoms with Crippen molar-refractivity contribution in [1.82, 2.24) is 4.98 Å². The van der Waals surface area contributed by atoms with E-state index in [9.17, 15) is 5.11 Å². The normalized spacial score (nSPS) is 12.2. The first-order chi connectivity index (χ1) is 12.2. The van der Waals surface area contributed by atoms with Gasteiger partial charge in [-0.15, -0.1) is 0 Å². The predicted octanol–water partition coefficient (Wildman–Crippen LogP) is 5.29. The number of aromatic nitrogens is 1. The van der Waals surface area contributed by atoms with Crippen LogP contribution in [0.4, 0.5) is 11.7 Å². The van der Waals surface area contributed by atoms with Crippen LogP contribution in [0.2, 0.25) is 0 Å². The number of fused-ring (bicyclic) bond motifs is 1. The second kappa shape index (κ2) is 6.42. The molecule has 1 unspecified atom stereocenters. The van der Waals surface area contributed by atoms with Crippen LogP contribution in [0.25, 0.3) is 22.2 Å². The van der Waals surface area contributed by atoms with Crippen LogP contribution in [0.15, 0.2) is 77.2 Å². The Morgan fingerprint density at radius 2 is 1.72 bits per heavy atom. The summed E-state index contributed by atoms with van der Waals surface area (Å²) in [5.41, 5.74) is 5.32. The summed E-state index contributed by atoms with van der Waals surface area (Å²) in [7, 11) is 0. The Labute approximate surface area is 145 Å². The molecule has 2 N–H and O–H groups in total. The van der Waals surface area contributed by atoms with Crippen LogP contribution < -0.4 is 5.32 Å². The maximum Gasteiger partial charge on any atom is 0.300 e. The van der Waals surface area contributed by atoms with Gasteiger partial charge in [-0.25, -0.2) is 0 Å². The summed E-state index contributed by atoms with van der Waals surface area (Å²) in [6.45, 7) is 1.77. The Kier molecular flexibility index (Phi) is 3.96. The summed E-state index contributed by atoms with van der Waals surface area (Å²) in [5.74, 6) is 0. The number of hydrogen-bond donors (Lipinski definition) is 2. The van der Waals surface area contributed by atoms with E-state index < -0.39 is 6.10 Å². The Morgan fingerprint density at radius 1 is 0.960 bits per heavy atom. The van der Waals surface area contributed by atoms with Crippen molar-refractivity contribution in [1.29, 1.82) is 0 Å². The standard InChI is InChI=1S/C21H18N2O2/c1-14(24)17-9-5-6-10-18(17)15-11-12-20-19(13-15)23-21(25-20)22-16-7-3-2-4-8-16/h2-14,24H,1H3,(H,22,23). The third kappa shape index (κ3) is 3.12. The van der Waals surface area contributed by atoms with Crippen molar-refractivity contribution in [3.05, 3.63) is 78.4 Å². The molecule has 4 aromatic rings. The molecule has 4 rings (SSSR count). The molecule has 0 saturated heterocycles. The Balaban J connectivity index is 1.72. The number of aliphatic hydroxyl groups is 1. The lowest BCUT2D eigenvalue weighted by molar-refractivity contribution is 0.200. The number of nitrogens with zero attached hydrogens (tertiary/aromatic N) is 1. The summed E-state index contributed by atoms with van der Waals surface area (Å²) in [6.07, 6.45) is -0.528. The Hall–Kier alpha value is -3.11. The van der Waals surface area contributed by atoms with E-state index in [4.69, 9.17) is 4.42 Å². The van der Waals surface area contributed by atoms with Gasteiger partial charge in [-0.1, -0.05) is 48.5 Å². The highest BCUT2D eigenvalue weighted by Gasteiger charge is 2.12. The highest BCUT2D eigenvalue weighted by Crippen LogP contribution is 2.31. The topological polar surface area (TPSA) is 58.3 Å². The van der Waals surface area contributed by atoms with Crippen LogP contribution in [0.1, 0.15) is 18.6 Å². The minimum atomic E-state index is -0.528. The van der Waals surface area contributed by atoms with E-state index in [1.807, 2.05) is 72.8 Å². The van der Waals surface area contributed by atoms with E-state index in [2.05, 4.69) is 10.3 Å². The average Bonchev–Trinajstić information content (AvgIpc) is 3.03. The summed E-state index contributed by atoms with van der Waals surface area (Å²) in [5, 5.41) is 13.2. The first-order valence-corrected chi connectivity index (χ1v) is 8.21. The fraction of sp³-hybridized carbons (Fsp3) is 0.0952. The zero-order valence-electron chi connectivity index (χ0n) is 13.8. The number of benzene rings is 3. The fourth-order valence-corrected chi connectivity index (χ4v) is 2.92. The fourth-order valence-electron chi connectivity index (χ4n) is 2.92. The molecule has 0 aliphatic rings. The van der Waals surface area contributed by atoms with Crippen LogP contribution in [-0.4, -0.2) is 10.1 Å². The lowest BCUT2D eigenvalue weighted by Crippen LogP contribution is -1.94. The summed E-state index contributed by atoms with van der Waals surface area (Å²) >= 11 is 0. The van der Waals surface area contributed by atoms with Crippen LogP contribution in [0, 0.1) is 0 Å².